The highest BCUT2D eigenvalue weighted by Gasteiger charge is 2.70. The number of halogens is 2. The number of methoxy groups -OCH3 is 1. The SMILES string of the molecule is COc1cccc(C(=O)[C@@H]2[C@H](C(=O)c3ccc(Cl)cc3Cl)N3C=Cc4ccccc4[C@H]3[C@@]23C(=O)Nc2ccccc23)c1. The molecule has 1 N–H and O–H groups in total. The fourth-order valence-corrected chi connectivity index (χ4v) is 7.47. The van der Waals surface area contributed by atoms with Crippen LogP contribution in [0.2, 0.25) is 10.0 Å². The van der Waals surface area contributed by atoms with Gasteiger partial charge in [-0.1, -0.05) is 77.8 Å². The molecule has 0 saturated carbocycles. The predicted octanol–water partition coefficient (Wildman–Crippen LogP) is 6.98. The topological polar surface area (TPSA) is 75.7 Å². The van der Waals surface area contributed by atoms with Gasteiger partial charge in [0.25, 0.3) is 0 Å². The van der Waals surface area contributed by atoms with Crippen LogP contribution in [0.1, 0.15) is 43.4 Å². The lowest BCUT2D eigenvalue weighted by atomic mass is 9.62. The van der Waals surface area contributed by atoms with E-state index in [1.54, 1.807) is 36.4 Å². The summed E-state index contributed by atoms with van der Waals surface area (Å²) in [5.74, 6) is -1.67. The fourth-order valence-electron chi connectivity index (χ4n) is 6.97. The molecule has 1 saturated heterocycles. The van der Waals surface area contributed by atoms with Crippen molar-refractivity contribution >= 4 is 52.4 Å². The van der Waals surface area contributed by atoms with Crippen molar-refractivity contribution in [3.05, 3.63) is 135 Å². The van der Waals surface area contributed by atoms with Gasteiger partial charge >= 0.3 is 0 Å². The van der Waals surface area contributed by atoms with Crippen LogP contribution in [0.25, 0.3) is 6.08 Å². The predicted molar refractivity (Wildman–Crippen MR) is 162 cm³/mol. The zero-order valence-corrected chi connectivity index (χ0v) is 23.9. The van der Waals surface area contributed by atoms with Crippen LogP contribution in [-0.2, 0) is 10.2 Å². The van der Waals surface area contributed by atoms with Crippen LogP contribution < -0.4 is 10.1 Å². The van der Waals surface area contributed by atoms with Crippen LogP contribution in [0, 0.1) is 5.92 Å². The Bertz CT molecular complexity index is 1840. The Balaban J connectivity index is 1.54. The van der Waals surface area contributed by atoms with E-state index in [1.807, 2.05) is 65.7 Å². The summed E-state index contributed by atoms with van der Waals surface area (Å²) in [6, 6.07) is 25.0. The number of hydrogen-bond donors (Lipinski definition) is 1. The van der Waals surface area contributed by atoms with Gasteiger partial charge in [-0.15, -0.1) is 0 Å². The van der Waals surface area contributed by atoms with Crippen LogP contribution in [0.3, 0.4) is 0 Å². The molecule has 7 rings (SSSR count). The van der Waals surface area contributed by atoms with Crippen molar-refractivity contribution in [3.8, 4) is 5.75 Å². The standard InChI is InChI=1S/C34H24Cl2N2O4/c1-42-22-9-6-8-20(17-22)30(39)28-29(31(40)24-14-13-21(35)18-26(24)36)38-16-15-19-7-2-3-10-23(19)32(38)34(28)25-11-4-5-12-27(25)37-33(34)41/h2-18,28-29,32H,1H3,(H,37,41)/t28-,29+,32-,34-/m0/s1. The molecule has 6 nitrogen and oxygen atoms in total. The Morgan fingerprint density at radius 3 is 2.50 bits per heavy atom. The minimum Gasteiger partial charge on any atom is -0.497 e. The summed E-state index contributed by atoms with van der Waals surface area (Å²) in [5.41, 5.74) is 2.20. The molecule has 208 valence electrons. The number of ether oxygens (including phenoxy) is 1. The van der Waals surface area contributed by atoms with Crippen molar-refractivity contribution in [1.29, 1.82) is 0 Å². The number of hydrogen-bond acceptors (Lipinski definition) is 5. The molecule has 4 aromatic carbocycles. The second-order valence-electron chi connectivity index (χ2n) is 10.7. The first-order valence-corrected chi connectivity index (χ1v) is 14.2. The van der Waals surface area contributed by atoms with Gasteiger partial charge in [0.05, 0.1) is 24.1 Å². The average molecular weight is 595 g/mol. The minimum absolute atomic E-state index is 0.176. The largest absolute Gasteiger partial charge is 0.497 e. The molecule has 4 atom stereocenters. The average Bonchev–Trinajstić information content (AvgIpc) is 3.48. The van der Waals surface area contributed by atoms with Crippen LogP contribution in [0.15, 0.2) is 97.2 Å². The number of ketones is 2. The van der Waals surface area contributed by atoms with E-state index >= 15 is 0 Å². The first-order chi connectivity index (χ1) is 20.4. The number of nitrogens with zero attached hydrogens (tertiary/aromatic N) is 1. The third-order valence-electron chi connectivity index (χ3n) is 8.67. The van der Waals surface area contributed by atoms with Crippen molar-refractivity contribution in [3.63, 3.8) is 0 Å². The van der Waals surface area contributed by atoms with Crippen molar-refractivity contribution in [2.24, 2.45) is 5.92 Å². The second-order valence-corrected chi connectivity index (χ2v) is 11.5. The Hall–Kier alpha value is -4.39. The molecule has 0 unspecified atom stereocenters. The van der Waals surface area contributed by atoms with Crippen molar-refractivity contribution < 1.29 is 19.1 Å². The molecule has 0 radical (unpaired) electrons. The molecular weight excluding hydrogens is 571 g/mol. The molecule has 3 aliphatic rings. The van der Waals surface area contributed by atoms with Gasteiger partial charge in [0.15, 0.2) is 11.6 Å². The first-order valence-electron chi connectivity index (χ1n) is 13.5. The molecule has 4 aromatic rings. The van der Waals surface area contributed by atoms with E-state index < -0.39 is 23.4 Å². The van der Waals surface area contributed by atoms with Gasteiger partial charge in [-0.3, -0.25) is 14.4 Å². The van der Waals surface area contributed by atoms with Crippen LogP contribution in [0.5, 0.6) is 5.75 Å². The van der Waals surface area contributed by atoms with Gasteiger partial charge < -0.3 is 15.0 Å². The van der Waals surface area contributed by atoms with E-state index in [-0.39, 0.29) is 28.1 Å². The lowest BCUT2D eigenvalue weighted by Crippen LogP contribution is -2.49. The number of carbonyl (C=O) groups excluding carboxylic acids is 3. The van der Waals surface area contributed by atoms with Crippen molar-refractivity contribution in [1.82, 2.24) is 4.90 Å². The maximum atomic E-state index is 14.9. The summed E-state index contributed by atoms with van der Waals surface area (Å²) in [7, 11) is 1.53. The molecular formula is C34H24Cl2N2O4. The molecule has 1 spiro atoms. The molecule has 8 heteroatoms. The van der Waals surface area contributed by atoms with Gasteiger partial charge in [-0.05, 0) is 59.2 Å². The molecule has 0 aromatic heterocycles. The number of amides is 1. The number of carbonyl (C=O) groups is 3. The molecule has 3 aliphatic heterocycles. The number of fused-ring (bicyclic) bond motifs is 6. The quantitative estimate of drug-likeness (QED) is 0.252. The monoisotopic (exact) mass is 594 g/mol. The van der Waals surface area contributed by atoms with E-state index in [2.05, 4.69) is 5.32 Å². The highest BCUT2D eigenvalue weighted by molar-refractivity contribution is 6.37. The summed E-state index contributed by atoms with van der Waals surface area (Å²) in [4.78, 5) is 45.9. The fraction of sp³-hybridized carbons (Fsp3) is 0.147. The van der Waals surface area contributed by atoms with Crippen LogP contribution in [-0.4, -0.2) is 35.5 Å². The Morgan fingerprint density at radius 1 is 0.905 bits per heavy atom. The third kappa shape index (κ3) is 3.68. The number of rotatable bonds is 5. The number of Topliss-reactive ketones (excluding diaryl/α,β-unsaturated/α-hetero) is 2. The van der Waals surface area contributed by atoms with E-state index in [0.717, 1.165) is 11.1 Å². The highest BCUT2D eigenvalue weighted by Crippen LogP contribution is 2.62. The van der Waals surface area contributed by atoms with Gasteiger partial charge in [0.2, 0.25) is 5.91 Å². The second kappa shape index (κ2) is 9.86. The van der Waals surface area contributed by atoms with Gasteiger partial charge in [-0.2, -0.15) is 0 Å². The highest BCUT2D eigenvalue weighted by atomic mass is 35.5. The summed E-state index contributed by atoms with van der Waals surface area (Å²) in [6.07, 6.45) is 3.74. The molecule has 0 bridgehead atoms. The smallest absolute Gasteiger partial charge is 0.238 e. The molecule has 3 heterocycles. The minimum atomic E-state index is -1.43. The molecule has 1 fully saturated rings. The summed E-state index contributed by atoms with van der Waals surface area (Å²) >= 11 is 12.8. The Kier molecular flexibility index (Phi) is 6.22. The number of anilines is 1. The van der Waals surface area contributed by atoms with E-state index in [4.69, 9.17) is 27.9 Å². The van der Waals surface area contributed by atoms with Gasteiger partial charge in [0, 0.05) is 28.0 Å². The first kappa shape index (κ1) is 26.5. The van der Waals surface area contributed by atoms with E-state index in [1.165, 1.54) is 13.2 Å². The Labute approximate surface area is 252 Å². The van der Waals surface area contributed by atoms with Crippen LogP contribution >= 0.6 is 23.2 Å². The van der Waals surface area contributed by atoms with Crippen LogP contribution in [0.4, 0.5) is 5.69 Å². The number of para-hydroxylation sites is 1. The molecule has 42 heavy (non-hydrogen) atoms. The summed E-state index contributed by atoms with van der Waals surface area (Å²) in [6.45, 7) is 0. The molecule has 0 aliphatic carbocycles. The number of benzene rings is 4. The Morgan fingerprint density at radius 2 is 1.69 bits per heavy atom. The third-order valence-corrected chi connectivity index (χ3v) is 9.22. The summed E-state index contributed by atoms with van der Waals surface area (Å²) < 4.78 is 5.42. The normalized spacial score (nSPS) is 23.3. The lowest BCUT2D eigenvalue weighted by molar-refractivity contribution is -0.122. The van der Waals surface area contributed by atoms with E-state index in [9.17, 15) is 14.4 Å². The zero-order chi connectivity index (χ0) is 29.2. The van der Waals surface area contributed by atoms with Crippen molar-refractivity contribution in [2.45, 2.75) is 17.5 Å². The van der Waals surface area contributed by atoms with Gasteiger partial charge in [0.1, 0.15) is 17.2 Å². The zero-order valence-electron chi connectivity index (χ0n) is 22.4. The van der Waals surface area contributed by atoms with Crippen molar-refractivity contribution in [2.75, 3.05) is 12.4 Å². The van der Waals surface area contributed by atoms with Gasteiger partial charge in [-0.25, -0.2) is 0 Å². The summed E-state index contributed by atoms with van der Waals surface area (Å²) in [5, 5.41) is 3.61. The van der Waals surface area contributed by atoms with E-state index in [0.29, 0.717) is 27.6 Å². The maximum absolute atomic E-state index is 14.9. The maximum Gasteiger partial charge on any atom is 0.238 e. The lowest BCUT2D eigenvalue weighted by Gasteiger charge is -2.38. The number of nitrogens with one attached hydrogen (secondary N) is 1. The molecule has 1 amide bonds.